The Balaban J connectivity index is 3.85. The highest BCUT2D eigenvalue weighted by atomic mass is 16.3. The average Bonchev–Trinajstić information content (AvgIpc) is 1.81. The zero-order valence-corrected chi connectivity index (χ0v) is 6.79. The van der Waals surface area contributed by atoms with Crippen molar-refractivity contribution in [3.8, 4) is 0 Å². The Hall–Kier alpha value is -0.410. The van der Waals surface area contributed by atoms with E-state index in [4.69, 9.17) is 5.11 Å². The summed E-state index contributed by atoms with van der Waals surface area (Å²) in [6.07, 6.45) is 0.530. The maximum atomic E-state index is 10.8. The van der Waals surface area contributed by atoms with Gasteiger partial charge in [0.15, 0.2) is 0 Å². The molecule has 10 heavy (non-hydrogen) atoms. The van der Waals surface area contributed by atoms with Crippen LogP contribution in [0.2, 0.25) is 0 Å². The van der Waals surface area contributed by atoms with Crippen molar-refractivity contribution in [2.75, 3.05) is 20.7 Å². The molecule has 0 fully saturated rings. The van der Waals surface area contributed by atoms with Gasteiger partial charge in [-0.15, -0.1) is 0 Å². The summed E-state index contributed by atoms with van der Waals surface area (Å²) in [5, 5.41) is 8.56. The molecule has 3 nitrogen and oxygen atoms in total. The fourth-order valence-corrected chi connectivity index (χ4v) is 0.947. The third-order valence-electron chi connectivity index (χ3n) is 1.50. The predicted molar refractivity (Wildman–Crippen MR) is 39.9 cm³/mol. The van der Waals surface area contributed by atoms with Crippen LogP contribution in [0.25, 0.3) is 0 Å². The van der Waals surface area contributed by atoms with Crippen molar-refractivity contribution in [3.63, 3.8) is 0 Å². The number of nitrogens with zero attached hydrogens (tertiary/aromatic N) is 1. The summed E-state index contributed by atoms with van der Waals surface area (Å²) in [6, 6.07) is -0.120. The number of hydrogen-bond donors (Lipinski definition) is 1. The Bertz CT molecular complexity index is 112. The van der Waals surface area contributed by atoms with Crippen molar-refractivity contribution in [2.45, 2.75) is 19.4 Å². The van der Waals surface area contributed by atoms with E-state index < -0.39 is 0 Å². The van der Waals surface area contributed by atoms with Crippen LogP contribution in [-0.2, 0) is 4.79 Å². The smallest absolute Gasteiger partial charge is 0.146 e. The van der Waals surface area contributed by atoms with Crippen LogP contribution < -0.4 is 0 Å². The van der Waals surface area contributed by atoms with Gasteiger partial charge >= 0.3 is 0 Å². The van der Waals surface area contributed by atoms with Crippen LogP contribution in [0.15, 0.2) is 0 Å². The first-order chi connectivity index (χ1) is 4.59. The summed E-state index contributed by atoms with van der Waals surface area (Å²) in [5.41, 5.74) is 0. The lowest BCUT2D eigenvalue weighted by Crippen LogP contribution is -2.34. The van der Waals surface area contributed by atoms with E-state index in [1.165, 1.54) is 0 Å². The lowest BCUT2D eigenvalue weighted by atomic mass is 10.1. The predicted octanol–water partition coefficient (Wildman–Crippen LogP) is -0.112. The van der Waals surface area contributed by atoms with Crippen molar-refractivity contribution in [1.29, 1.82) is 0 Å². The number of aliphatic hydroxyl groups excluding tert-OH is 1. The highest BCUT2D eigenvalue weighted by Crippen LogP contribution is 1.99. The number of likely N-dealkylation sites (N-methyl/N-ethyl adjacent to an activating group) is 1. The second-order valence-electron chi connectivity index (χ2n) is 2.60. The maximum Gasteiger partial charge on any atom is 0.146 e. The van der Waals surface area contributed by atoms with Crippen LogP contribution >= 0.6 is 0 Å². The molecule has 0 saturated heterocycles. The molecule has 0 aromatic carbocycles. The van der Waals surface area contributed by atoms with Crippen molar-refractivity contribution in [1.82, 2.24) is 4.90 Å². The zero-order chi connectivity index (χ0) is 8.15. The second-order valence-corrected chi connectivity index (χ2v) is 2.60. The normalized spacial score (nSPS) is 13.7. The molecule has 0 rings (SSSR count). The van der Waals surface area contributed by atoms with Gasteiger partial charge < -0.3 is 5.11 Å². The fourth-order valence-electron chi connectivity index (χ4n) is 0.947. The number of Topliss-reactive ketones (excluding diaryl/α,β-unsaturated/α-hetero) is 1. The van der Waals surface area contributed by atoms with Gasteiger partial charge in [-0.3, -0.25) is 9.69 Å². The summed E-state index contributed by atoms with van der Waals surface area (Å²) in [6.45, 7) is 1.61. The van der Waals surface area contributed by atoms with E-state index in [0.717, 1.165) is 0 Å². The third-order valence-corrected chi connectivity index (χ3v) is 1.50. The SMILES string of the molecule is CC(=O)C(CCO)N(C)C. The molecule has 0 radical (unpaired) electrons. The molecule has 0 spiro atoms. The summed E-state index contributed by atoms with van der Waals surface area (Å²) in [7, 11) is 3.67. The Kier molecular flexibility index (Phi) is 4.23. The van der Waals surface area contributed by atoms with Gasteiger partial charge in [-0.2, -0.15) is 0 Å². The summed E-state index contributed by atoms with van der Waals surface area (Å²) in [4.78, 5) is 12.6. The molecule has 0 aromatic heterocycles. The highest BCUT2D eigenvalue weighted by molar-refractivity contribution is 5.81. The van der Waals surface area contributed by atoms with Crippen molar-refractivity contribution >= 4 is 5.78 Å². The lowest BCUT2D eigenvalue weighted by molar-refractivity contribution is -0.121. The minimum Gasteiger partial charge on any atom is -0.396 e. The van der Waals surface area contributed by atoms with Gasteiger partial charge in [0.1, 0.15) is 5.78 Å². The molecule has 0 aliphatic rings. The molecular weight excluding hydrogens is 130 g/mol. The van der Waals surface area contributed by atoms with Crippen LogP contribution in [0.4, 0.5) is 0 Å². The van der Waals surface area contributed by atoms with Gasteiger partial charge in [0.05, 0.1) is 6.04 Å². The van der Waals surface area contributed by atoms with E-state index in [9.17, 15) is 4.79 Å². The first kappa shape index (κ1) is 9.59. The molecule has 0 amide bonds. The number of aliphatic hydroxyl groups is 1. The number of ketones is 1. The first-order valence-electron chi connectivity index (χ1n) is 3.37. The minimum atomic E-state index is -0.120. The third kappa shape index (κ3) is 2.94. The Labute approximate surface area is 61.6 Å². The average molecular weight is 145 g/mol. The number of rotatable bonds is 4. The first-order valence-corrected chi connectivity index (χ1v) is 3.37. The van der Waals surface area contributed by atoms with Gasteiger partial charge in [0.25, 0.3) is 0 Å². The minimum absolute atomic E-state index is 0.0719. The Morgan fingerprint density at radius 3 is 2.20 bits per heavy atom. The molecule has 1 atom stereocenters. The molecule has 1 N–H and O–H groups in total. The molecular formula is C7H15NO2. The molecule has 1 unspecified atom stereocenters. The monoisotopic (exact) mass is 145 g/mol. The van der Waals surface area contributed by atoms with E-state index in [2.05, 4.69) is 0 Å². The van der Waals surface area contributed by atoms with E-state index in [-0.39, 0.29) is 18.4 Å². The van der Waals surface area contributed by atoms with Gasteiger partial charge in [-0.05, 0) is 27.4 Å². The molecule has 0 aliphatic carbocycles. The van der Waals surface area contributed by atoms with E-state index in [0.29, 0.717) is 6.42 Å². The largest absolute Gasteiger partial charge is 0.396 e. The number of hydrogen-bond acceptors (Lipinski definition) is 3. The number of carbonyl (C=O) groups is 1. The van der Waals surface area contributed by atoms with Crippen LogP contribution in [0.5, 0.6) is 0 Å². The van der Waals surface area contributed by atoms with Gasteiger partial charge in [-0.1, -0.05) is 0 Å². The van der Waals surface area contributed by atoms with E-state index in [1.54, 1.807) is 6.92 Å². The lowest BCUT2D eigenvalue weighted by Gasteiger charge is -2.19. The molecule has 0 saturated carbocycles. The summed E-state index contributed by atoms with van der Waals surface area (Å²) in [5.74, 6) is 0.110. The molecule has 0 bridgehead atoms. The molecule has 0 aromatic rings. The van der Waals surface area contributed by atoms with E-state index in [1.807, 2.05) is 19.0 Å². The van der Waals surface area contributed by atoms with Crippen LogP contribution in [0.1, 0.15) is 13.3 Å². The summed E-state index contributed by atoms with van der Waals surface area (Å²) >= 11 is 0. The zero-order valence-electron chi connectivity index (χ0n) is 6.79. The van der Waals surface area contributed by atoms with Crippen LogP contribution in [0.3, 0.4) is 0 Å². The topological polar surface area (TPSA) is 40.5 Å². The summed E-state index contributed by atoms with van der Waals surface area (Å²) < 4.78 is 0. The molecule has 0 heterocycles. The highest BCUT2D eigenvalue weighted by Gasteiger charge is 2.14. The van der Waals surface area contributed by atoms with E-state index >= 15 is 0 Å². The molecule has 60 valence electrons. The van der Waals surface area contributed by atoms with Gasteiger partial charge in [-0.25, -0.2) is 0 Å². The molecule has 3 heteroatoms. The van der Waals surface area contributed by atoms with Crippen molar-refractivity contribution in [3.05, 3.63) is 0 Å². The second kappa shape index (κ2) is 4.41. The molecule has 0 aliphatic heterocycles. The van der Waals surface area contributed by atoms with Crippen LogP contribution in [0, 0.1) is 0 Å². The van der Waals surface area contributed by atoms with Gasteiger partial charge in [0, 0.05) is 6.61 Å². The number of carbonyl (C=O) groups excluding carboxylic acids is 1. The van der Waals surface area contributed by atoms with Crippen molar-refractivity contribution < 1.29 is 9.90 Å². The standard InChI is InChI=1S/C7H15NO2/c1-6(10)7(4-5-9)8(2)3/h7,9H,4-5H2,1-3H3. The van der Waals surface area contributed by atoms with Crippen LogP contribution in [-0.4, -0.2) is 42.5 Å². The fraction of sp³-hybridized carbons (Fsp3) is 0.857. The Morgan fingerprint density at radius 2 is 2.10 bits per heavy atom. The Morgan fingerprint density at radius 1 is 1.60 bits per heavy atom. The maximum absolute atomic E-state index is 10.8. The quantitative estimate of drug-likeness (QED) is 0.600. The van der Waals surface area contributed by atoms with Crippen molar-refractivity contribution in [2.24, 2.45) is 0 Å². The van der Waals surface area contributed by atoms with Gasteiger partial charge in [0.2, 0.25) is 0 Å².